The molecule has 3 aliphatic carbocycles. The maximum Gasteiger partial charge on any atom is -0.0261 e. The summed E-state index contributed by atoms with van der Waals surface area (Å²) < 4.78 is 0. The van der Waals surface area contributed by atoms with Gasteiger partial charge in [-0.15, -0.1) is 6.58 Å². The molecule has 3 fully saturated rings. The fourth-order valence-electron chi connectivity index (χ4n) is 6.30. The molecule has 0 aromatic heterocycles. The van der Waals surface area contributed by atoms with Crippen LogP contribution in [0.4, 0.5) is 0 Å². The van der Waals surface area contributed by atoms with E-state index in [1.165, 1.54) is 50.5 Å². The van der Waals surface area contributed by atoms with Gasteiger partial charge in [-0.2, -0.15) is 0 Å². The van der Waals surface area contributed by atoms with E-state index in [-0.39, 0.29) is 0 Å². The van der Waals surface area contributed by atoms with Crippen LogP contribution in [0.5, 0.6) is 0 Å². The van der Waals surface area contributed by atoms with Crippen LogP contribution in [0, 0.1) is 32.5 Å². The summed E-state index contributed by atoms with van der Waals surface area (Å²) in [7, 11) is 0. The highest BCUT2D eigenvalue weighted by molar-refractivity contribution is 5.21. The third-order valence-electron chi connectivity index (χ3n) is 9.23. The molecule has 5 atom stereocenters. The highest BCUT2D eigenvalue weighted by Crippen LogP contribution is 2.81. The third-order valence-corrected chi connectivity index (χ3v) is 9.23. The SMILES string of the molecule is C=C(C)CC[C@@]1(C)C[C@]1(C)C[C@@]1(C)C[C@]1(C)C[C@@]1(C)CC1(C)C. The Balaban J connectivity index is 1.60. The Hall–Kier alpha value is -0.260. The molecule has 0 heteroatoms. The first-order chi connectivity index (χ1) is 10.2. The average molecular weight is 317 g/mol. The Bertz CT molecular complexity index is 542. The smallest absolute Gasteiger partial charge is 0.0261 e. The summed E-state index contributed by atoms with van der Waals surface area (Å²) in [5.74, 6) is 0. The van der Waals surface area contributed by atoms with Gasteiger partial charge in [-0.3, -0.25) is 0 Å². The minimum absolute atomic E-state index is 0.571. The molecule has 0 aliphatic heterocycles. The van der Waals surface area contributed by atoms with Crippen molar-refractivity contribution in [3.8, 4) is 0 Å². The lowest BCUT2D eigenvalue weighted by molar-refractivity contribution is 0.210. The van der Waals surface area contributed by atoms with Crippen molar-refractivity contribution in [3.05, 3.63) is 12.2 Å². The number of hydrogen-bond acceptors (Lipinski definition) is 0. The summed E-state index contributed by atoms with van der Waals surface area (Å²) in [6.45, 7) is 24.0. The largest absolute Gasteiger partial charge is 0.100 e. The Labute approximate surface area is 145 Å². The lowest BCUT2D eigenvalue weighted by atomic mass is 9.76. The predicted molar refractivity (Wildman–Crippen MR) is 101 cm³/mol. The van der Waals surface area contributed by atoms with Crippen LogP contribution in [0.25, 0.3) is 0 Å². The minimum Gasteiger partial charge on any atom is -0.100 e. The minimum atomic E-state index is 0.571. The standard InChI is InChI=1S/C23H40/c1-17(2)10-11-19(5)13-21(19,7)15-23(9)16-22(23,8)14-20(6)12-18(20,3)4/h1,10-16H2,2-9H3/t19-,20+,21+,22-,23-/m0/s1. The molecule has 0 N–H and O–H groups in total. The van der Waals surface area contributed by atoms with E-state index in [9.17, 15) is 0 Å². The molecule has 0 heterocycles. The third kappa shape index (κ3) is 2.63. The van der Waals surface area contributed by atoms with Crippen molar-refractivity contribution in [1.82, 2.24) is 0 Å². The van der Waals surface area contributed by atoms with Gasteiger partial charge in [0.25, 0.3) is 0 Å². The first-order valence-corrected chi connectivity index (χ1v) is 9.85. The molecule has 0 amide bonds. The van der Waals surface area contributed by atoms with Crippen molar-refractivity contribution in [1.29, 1.82) is 0 Å². The molecule has 0 saturated heterocycles. The fraction of sp³-hybridized carbons (Fsp3) is 0.913. The summed E-state index contributed by atoms with van der Waals surface area (Å²) in [5.41, 5.74) is 4.87. The van der Waals surface area contributed by atoms with Gasteiger partial charge in [-0.25, -0.2) is 0 Å². The highest BCUT2D eigenvalue weighted by Gasteiger charge is 2.72. The molecule has 0 nitrogen and oxygen atoms in total. The second-order valence-electron chi connectivity index (χ2n) is 12.0. The van der Waals surface area contributed by atoms with E-state index in [0.717, 1.165) is 0 Å². The molecule has 0 aromatic carbocycles. The quantitative estimate of drug-likeness (QED) is 0.429. The zero-order valence-electron chi connectivity index (χ0n) is 17.2. The Morgan fingerprint density at radius 1 is 0.696 bits per heavy atom. The molecule has 0 radical (unpaired) electrons. The molecule has 3 aliphatic rings. The van der Waals surface area contributed by atoms with Gasteiger partial charge in [0.2, 0.25) is 0 Å². The topological polar surface area (TPSA) is 0 Å². The number of rotatable bonds is 7. The molecule has 3 rings (SSSR count). The maximum atomic E-state index is 4.10. The number of allylic oxidation sites excluding steroid dienone is 1. The van der Waals surface area contributed by atoms with E-state index >= 15 is 0 Å². The van der Waals surface area contributed by atoms with Crippen LogP contribution >= 0.6 is 0 Å². The Morgan fingerprint density at radius 3 is 1.52 bits per heavy atom. The van der Waals surface area contributed by atoms with Gasteiger partial charge in [0.15, 0.2) is 0 Å². The second-order valence-corrected chi connectivity index (χ2v) is 12.0. The van der Waals surface area contributed by atoms with Crippen molar-refractivity contribution in [3.63, 3.8) is 0 Å². The predicted octanol–water partition coefficient (Wildman–Crippen LogP) is 7.39. The monoisotopic (exact) mass is 316 g/mol. The average Bonchev–Trinajstić information content (AvgIpc) is 3.16. The molecule has 0 aromatic rings. The van der Waals surface area contributed by atoms with Gasteiger partial charge in [0.05, 0.1) is 0 Å². The molecular formula is C23H40. The van der Waals surface area contributed by atoms with E-state index in [2.05, 4.69) is 62.0 Å². The molecule has 3 saturated carbocycles. The summed E-state index contributed by atoms with van der Waals surface area (Å²) in [6.07, 6.45) is 9.77. The van der Waals surface area contributed by atoms with Crippen LogP contribution in [-0.2, 0) is 0 Å². The van der Waals surface area contributed by atoms with Crippen LogP contribution in [0.1, 0.15) is 100 Å². The highest BCUT2D eigenvalue weighted by atomic mass is 14.8. The lowest BCUT2D eigenvalue weighted by Gasteiger charge is -2.28. The molecule has 0 spiro atoms. The summed E-state index contributed by atoms with van der Waals surface area (Å²) in [5, 5.41) is 0. The van der Waals surface area contributed by atoms with E-state index in [1.54, 1.807) is 0 Å². The summed E-state index contributed by atoms with van der Waals surface area (Å²) >= 11 is 0. The zero-order valence-corrected chi connectivity index (χ0v) is 17.2. The van der Waals surface area contributed by atoms with Crippen molar-refractivity contribution in [2.75, 3.05) is 0 Å². The van der Waals surface area contributed by atoms with Gasteiger partial charge in [-0.05, 0) is 84.4 Å². The normalized spacial score (nSPS) is 53.0. The van der Waals surface area contributed by atoms with E-state index in [0.29, 0.717) is 32.5 Å². The number of hydrogen-bond donors (Lipinski definition) is 0. The zero-order chi connectivity index (χ0) is 17.5. The van der Waals surface area contributed by atoms with Crippen LogP contribution in [0.15, 0.2) is 12.2 Å². The summed E-state index contributed by atoms with van der Waals surface area (Å²) in [6, 6.07) is 0. The molecule has 0 unspecified atom stereocenters. The Morgan fingerprint density at radius 2 is 1.09 bits per heavy atom. The van der Waals surface area contributed by atoms with E-state index < -0.39 is 0 Å². The molecule has 23 heavy (non-hydrogen) atoms. The van der Waals surface area contributed by atoms with Crippen molar-refractivity contribution in [2.45, 2.75) is 100 Å². The molecule has 132 valence electrons. The van der Waals surface area contributed by atoms with Gasteiger partial charge in [0, 0.05) is 0 Å². The van der Waals surface area contributed by atoms with Crippen LogP contribution in [0.3, 0.4) is 0 Å². The summed E-state index contributed by atoms with van der Waals surface area (Å²) in [4.78, 5) is 0. The fourth-order valence-corrected chi connectivity index (χ4v) is 6.30. The van der Waals surface area contributed by atoms with Gasteiger partial charge < -0.3 is 0 Å². The van der Waals surface area contributed by atoms with Gasteiger partial charge >= 0.3 is 0 Å². The maximum absolute atomic E-state index is 4.10. The van der Waals surface area contributed by atoms with E-state index in [4.69, 9.17) is 0 Å². The Kier molecular flexibility index (Phi) is 3.41. The first kappa shape index (κ1) is 17.6. The van der Waals surface area contributed by atoms with Crippen LogP contribution < -0.4 is 0 Å². The van der Waals surface area contributed by atoms with Gasteiger partial charge in [-0.1, -0.05) is 54.0 Å². The lowest BCUT2D eigenvalue weighted by Crippen LogP contribution is -2.20. The van der Waals surface area contributed by atoms with Crippen LogP contribution in [0.2, 0.25) is 0 Å². The second kappa shape index (κ2) is 4.47. The van der Waals surface area contributed by atoms with Crippen molar-refractivity contribution in [2.24, 2.45) is 32.5 Å². The van der Waals surface area contributed by atoms with Crippen LogP contribution in [-0.4, -0.2) is 0 Å². The van der Waals surface area contributed by atoms with Crippen molar-refractivity contribution >= 4 is 0 Å². The van der Waals surface area contributed by atoms with Crippen molar-refractivity contribution < 1.29 is 0 Å². The van der Waals surface area contributed by atoms with Gasteiger partial charge in [0.1, 0.15) is 0 Å². The molecular weight excluding hydrogens is 276 g/mol. The first-order valence-electron chi connectivity index (χ1n) is 9.85. The van der Waals surface area contributed by atoms with E-state index in [1.807, 2.05) is 0 Å². The molecule has 0 bridgehead atoms.